The summed E-state index contributed by atoms with van der Waals surface area (Å²) in [6.07, 6.45) is 7.77. The van der Waals surface area contributed by atoms with Crippen molar-refractivity contribution in [3.05, 3.63) is 35.9 Å². The molecule has 0 bridgehead atoms. The van der Waals surface area contributed by atoms with Crippen LogP contribution < -0.4 is 5.73 Å². The van der Waals surface area contributed by atoms with E-state index in [0.717, 1.165) is 12.1 Å². The van der Waals surface area contributed by atoms with E-state index in [2.05, 4.69) is 5.92 Å². The highest BCUT2D eigenvalue weighted by Gasteiger charge is 2.30. The first-order chi connectivity index (χ1) is 9.26. The van der Waals surface area contributed by atoms with Gasteiger partial charge in [0.25, 0.3) is 0 Å². The van der Waals surface area contributed by atoms with E-state index in [1.165, 1.54) is 12.8 Å². The van der Waals surface area contributed by atoms with E-state index < -0.39 is 0 Å². The van der Waals surface area contributed by atoms with E-state index in [4.69, 9.17) is 12.2 Å². The first-order valence-electron chi connectivity index (χ1n) is 6.73. The van der Waals surface area contributed by atoms with Crippen molar-refractivity contribution in [2.75, 3.05) is 19.6 Å². The SMILES string of the molecule is C#CCN(CC1CC1)C(=O)C(CN)c1ccccc1. The summed E-state index contributed by atoms with van der Waals surface area (Å²) in [5.41, 5.74) is 6.75. The van der Waals surface area contributed by atoms with Crippen molar-refractivity contribution in [3.63, 3.8) is 0 Å². The van der Waals surface area contributed by atoms with Crippen LogP contribution in [0.5, 0.6) is 0 Å². The molecular formula is C16H20N2O. The first kappa shape index (κ1) is 13.6. The Balaban J connectivity index is 2.11. The highest BCUT2D eigenvalue weighted by atomic mass is 16.2. The molecule has 1 fully saturated rings. The second kappa shape index (κ2) is 6.40. The quantitative estimate of drug-likeness (QED) is 0.786. The molecule has 0 heterocycles. The van der Waals surface area contributed by atoms with Crippen molar-refractivity contribution in [2.24, 2.45) is 11.7 Å². The average molecular weight is 256 g/mol. The van der Waals surface area contributed by atoms with Crippen LogP contribution in [-0.2, 0) is 4.79 Å². The highest BCUT2D eigenvalue weighted by molar-refractivity contribution is 5.84. The zero-order valence-corrected chi connectivity index (χ0v) is 11.1. The Labute approximate surface area is 114 Å². The summed E-state index contributed by atoms with van der Waals surface area (Å²) in [5, 5.41) is 0. The molecule has 1 amide bonds. The zero-order chi connectivity index (χ0) is 13.7. The van der Waals surface area contributed by atoms with Crippen LogP contribution in [0.3, 0.4) is 0 Å². The average Bonchev–Trinajstić information content (AvgIpc) is 3.24. The lowest BCUT2D eigenvalue weighted by Gasteiger charge is -2.25. The van der Waals surface area contributed by atoms with Crippen molar-refractivity contribution in [1.82, 2.24) is 4.90 Å². The molecule has 1 unspecified atom stereocenters. The van der Waals surface area contributed by atoms with Gasteiger partial charge in [-0.2, -0.15) is 0 Å². The normalized spacial score (nSPS) is 15.6. The molecule has 1 aromatic carbocycles. The number of terminal acetylenes is 1. The maximum Gasteiger partial charge on any atom is 0.232 e. The number of nitrogens with two attached hydrogens (primary N) is 1. The molecule has 1 aliphatic rings. The van der Waals surface area contributed by atoms with E-state index in [1.54, 1.807) is 4.90 Å². The molecule has 2 rings (SSSR count). The number of carbonyl (C=O) groups is 1. The molecule has 3 heteroatoms. The van der Waals surface area contributed by atoms with Crippen LogP contribution in [-0.4, -0.2) is 30.4 Å². The van der Waals surface area contributed by atoms with Gasteiger partial charge in [-0.25, -0.2) is 0 Å². The maximum atomic E-state index is 12.6. The molecule has 3 nitrogen and oxygen atoms in total. The third-order valence-electron chi connectivity index (χ3n) is 3.51. The number of hydrogen-bond acceptors (Lipinski definition) is 2. The maximum absolute atomic E-state index is 12.6. The molecule has 1 saturated carbocycles. The minimum atomic E-state index is -0.284. The molecule has 0 aliphatic heterocycles. The lowest BCUT2D eigenvalue weighted by atomic mass is 9.97. The van der Waals surface area contributed by atoms with Crippen LogP contribution in [0, 0.1) is 18.3 Å². The number of amides is 1. The van der Waals surface area contributed by atoms with Gasteiger partial charge in [0, 0.05) is 13.1 Å². The second-order valence-corrected chi connectivity index (χ2v) is 5.07. The van der Waals surface area contributed by atoms with E-state index in [0.29, 0.717) is 19.0 Å². The van der Waals surface area contributed by atoms with Crippen molar-refractivity contribution < 1.29 is 4.79 Å². The summed E-state index contributed by atoms with van der Waals surface area (Å²) < 4.78 is 0. The molecule has 2 N–H and O–H groups in total. The monoisotopic (exact) mass is 256 g/mol. The first-order valence-corrected chi connectivity index (χ1v) is 6.73. The smallest absolute Gasteiger partial charge is 0.232 e. The van der Waals surface area contributed by atoms with E-state index in [-0.39, 0.29) is 11.8 Å². The van der Waals surface area contributed by atoms with Crippen LogP contribution in [0.2, 0.25) is 0 Å². The lowest BCUT2D eigenvalue weighted by Crippen LogP contribution is -2.39. The number of carbonyl (C=O) groups excluding carboxylic acids is 1. The molecule has 0 saturated heterocycles. The summed E-state index contributed by atoms with van der Waals surface area (Å²) in [6, 6.07) is 9.68. The largest absolute Gasteiger partial charge is 0.331 e. The van der Waals surface area contributed by atoms with Crippen LogP contribution in [0.4, 0.5) is 0 Å². The van der Waals surface area contributed by atoms with Gasteiger partial charge in [-0.3, -0.25) is 4.79 Å². The fourth-order valence-corrected chi connectivity index (χ4v) is 2.24. The Bertz CT molecular complexity index is 459. The van der Waals surface area contributed by atoms with Crippen molar-refractivity contribution in [2.45, 2.75) is 18.8 Å². The predicted molar refractivity (Wildman–Crippen MR) is 76.4 cm³/mol. The molecule has 0 spiro atoms. The van der Waals surface area contributed by atoms with E-state index >= 15 is 0 Å². The van der Waals surface area contributed by atoms with Gasteiger partial charge in [-0.15, -0.1) is 6.42 Å². The number of benzene rings is 1. The van der Waals surface area contributed by atoms with Gasteiger partial charge < -0.3 is 10.6 Å². The number of nitrogens with zero attached hydrogens (tertiary/aromatic N) is 1. The van der Waals surface area contributed by atoms with Gasteiger partial charge in [0.2, 0.25) is 5.91 Å². The number of rotatable bonds is 6. The minimum Gasteiger partial charge on any atom is -0.331 e. The molecular weight excluding hydrogens is 236 g/mol. The van der Waals surface area contributed by atoms with Crippen LogP contribution in [0.1, 0.15) is 24.3 Å². The van der Waals surface area contributed by atoms with Crippen molar-refractivity contribution >= 4 is 5.91 Å². The van der Waals surface area contributed by atoms with Gasteiger partial charge in [0.05, 0.1) is 12.5 Å². The van der Waals surface area contributed by atoms with E-state index in [1.807, 2.05) is 30.3 Å². The minimum absolute atomic E-state index is 0.0542. The Morgan fingerprint density at radius 3 is 2.63 bits per heavy atom. The fourth-order valence-electron chi connectivity index (χ4n) is 2.24. The van der Waals surface area contributed by atoms with Gasteiger partial charge in [0.15, 0.2) is 0 Å². The van der Waals surface area contributed by atoms with E-state index in [9.17, 15) is 4.79 Å². The zero-order valence-electron chi connectivity index (χ0n) is 11.1. The third-order valence-corrected chi connectivity index (χ3v) is 3.51. The van der Waals surface area contributed by atoms with Gasteiger partial charge in [-0.1, -0.05) is 36.3 Å². The fraction of sp³-hybridized carbons (Fsp3) is 0.438. The second-order valence-electron chi connectivity index (χ2n) is 5.07. The molecule has 0 radical (unpaired) electrons. The van der Waals surface area contributed by atoms with Gasteiger partial charge >= 0.3 is 0 Å². The Morgan fingerprint density at radius 2 is 2.11 bits per heavy atom. The summed E-state index contributed by atoms with van der Waals surface area (Å²) in [4.78, 5) is 14.4. The molecule has 100 valence electrons. The van der Waals surface area contributed by atoms with Crippen LogP contribution >= 0.6 is 0 Å². The lowest BCUT2D eigenvalue weighted by molar-refractivity contribution is -0.132. The molecule has 1 aromatic rings. The van der Waals surface area contributed by atoms with Crippen molar-refractivity contribution in [1.29, 1.82) is 0 Å². The third kappa shape index (κ3) is 3.59. The van der Waals surface area contributed by atoms with Crippen molar-refractivity contribution in [3.8, 4) is 12.3 Å². The Morgan fingerprint density at radius 1 is 1.42 bits per heavy atom. The summed E-state index contributed by atoms with van der Waals surface area (Å²) in [5.74, 6) is 2.98. The topological polar surface area (TPSA) is 46.3 Å². The summed E-state index contributed by atoms with van der Waals surface area (Å²) in [7, 11) is 0. The molecule has 0 aromatic heterocycles. The standard InChI is InChI=1S/C16H20N2O/c1-2-10-18(12-13-8-9-13)16(19)15(11-17)14-6-4-3-5-7-14/h1,3-7,13,15H,8-12,17H2. The summed E-state index contributed by atoms with van der Waals surface area (Å²) in [6.45, 7) is 1.46. The van der Waals surface area contributed by atoms with Crippen LogP contribution in [0.15, 0.2) is 30.3 Å². The number of hydrogen-bond donors (Lipinski definition) is 1. The summed E-state index contributed by atoms with van der Waals surface area (Å²) >= 11 is 0. The Hall–Kier alpha value is -1.79. The molecule has 19 heavy (non-hydrogen) atoms. The predicted octanol–water partition coefficient (Wildman–Crippen LogP) is 1.60. The molecule has 1 atom stereocenters. The Kier molecular flexibility index (Phi) is 4.59. The van der Waals surface area contributed by atoms with Crippen LogP contribution in [0.25, 0.3) is 0 Å². The van der Waals surface area contributed by atoms with Gasteiger partial charge in [-0.05, 0) is 24.3 Å². The molecule has 1 aliphatic carbocycles. The van der Waals surface area contributed by atoms with Gasteiger partial charge in [0.1, 0.15) is 0 Å². The highest BCUT2D eigenvalue weighted by Crippen LogP contribution is 2.30.